The van der Waals surface area contributed by atoms with E-state index in [9.17, 15) is 4.79 Å². The van der Waals surface area contributed by atoms with E-state index < -0.39 is 0 Å². The van der Waals surface area contributed by atoms with Crippen molar-refractivity contribution >= 4 is 11.9 Å². The molecule has 1 N–H and O–H groups in total. The molecule has 1 aromatic carbocycles. The number of carbonyl (C=O) groups excluding carboxylic acids is 1. The van der Waals surface area contributed by atoms with Crippen LogP contribution in [0.15, 0.2) is 36.5 Å². The number of rotatable bonds is 3. The van der Waals surface area contributed by atoms with Crippen molar-refractivity contribution in [2.45, 2.75) is 31.8 Å². The third kappa shape index (κ3) is 2.66. The Hall–Kier alpha value is -2.43. The number of nitrogens with one attached hydrogen (secondary N) is 1. The fourth-order valence-electron chi connectivity index (χ4n) is 2.78. The van der Waals surface area contributed by atoms with Gasteiger partial charge < -0.3 is 10.2 Å². The largest absolute Gasteiger partial charge is 0.348 e. The van der Waals surface area contributed by atoms with Crippen LogP contribution in [-0.2, 0) is 13.0 Å². The molecule has 2 aromatic rings. The molecular weight excluding hydrogens is 276 g/mol. The minimum atomic E-state index is -0.0939. The van der Waals surface area contributed by atoms with Crippen molar-refractivity contribution in [3.63, 3.8) is 0 Å². The molecule has 2 aliphatic rings. The molecule has 0 atom stereocenters. The lowest BCUT2D eigenvalue weighted by molar-refractivity contribution is 0.0946. The normalized spacial score (nSPS) is 17.0. The predicted molar refractivity (Wildman–Crippen MR) is 83.7 cm³/mol. The lowest BCUT2D eigenvalue weighted by Gasteiger charge is -2.28. The van der Waals surface area contributed by atoms with E-state index in [0.717, 1.165) is 32.4 Å². The lowest BCUT2D eigenvalue weighted by atomic mass is 10.0. The number of hydrogen-bond acceptors (Lipinski definition) is 4. The highest BCUT2D eigenvalue weighted by atomic mass is 16.2. The van der Waals surface area contributed by atoms with Crippen LogP contribution in [0.25, 0.3) is 0 Å². The predicted octanol–water partition coefficient (Wildman–Crippen LogP) is 1.93. The van der Waals surface area contributed by atoms with Gasteiger partial charge in [-0.25, -0.2) is 9.97 Å². The number of fused-ring (bicyclic) bond motifs is 1. The maximum absolute atomic E-state index is 12.1. The van der Waals surface area contributed by atoms with Gasteiger partial charge in [-0.2, -0.15) is 0 Å². The highest BCUT2D eigenvalue weighted by Crippen LogP contribution is 2.22. The summed E-state index contributed by atoms with van der Waals surface area (Å²) >= 11 is 0. The number of aromatic nitrogens is 2. The zero-order valence-electron chi connectivity index (χ0n) is 12.3. The van der Waals surface area contributed by atoms with Crippen LogP contribution >= 0.6 is 0 Å². The summed E-state index contributed by atoms with van der Waals surface area (Å²) in [5.41, 5.74) is 3.15. The first-order chi connectivity index (χ1) is 10.8. The maximum Gasteiger partial charge on any atom is 0.270 e. The number of benzene rings is 1. The van der Waals surface area contributed by atoms with Crippen LogP contribution in [0.3, 0.4) is 0 Å². The van der Waals surface area contributed by atoms with Gasteiger partial charge in [0.15, 0.2) is 0 Å². The zero-order chi connectivity index (χ0) is 14.9. The first-order valence-corrected chi connectivity index (χ1v) is 7.75. The molecular formula is C17H18N4O. The molecule has 22 heavy (non-hydrogen) atoms. The summed E-state index contributed by atoms with van der Waals surface area (Å²) in [6.45, 7) is 1.68. The summed E-state index contributed by atoms with van der Waals surface area (Å²) in [6, 6.07) is 10.5. The van der Waals surface area contributed by atoms with Gasteiger partial charge in [0.2, 0.25) is 5.95 Å². The van der Waals surface area contributed by atoms with Crippen LogP contribution in [0.2, 0.25) is 0 Å². The Morgan fingerprint density at radius 1 is 1.18 bits per heavy atom. The fourth-order valence-corrected chi connectivity index (χ4v) is 2.78. The molecule has 2 heterocycles. The van der Waals surface area contributed by atoms with Gasteiger partial charge in [0.1, 0.15) is 5.69 Å². The molecule has 5 heteroatoms. The number of anilines is 1. The van der Waals surface area contributed by atoms with Crippen molar-refractivity contribution in [3.05, 3.63) is 53.3 Å². The molecule has 0 spiro atoms. The molecule has 0 bridgehead atoms. The molecule has 1 fully saturated rings. The second-order valence-corrected chi connectivity index (χ2v) is 5.93. The number of amides is 1. The van der Waals surface area contributed by atoms with Crippen molar-refractivity contribution in [2.75, 3.05) is 11.4 Å². The van der Waals surface area contributed by atoms with E-state index in [0.29, 0.717) is 17.7 Å². The van der Waals surface area contributed by atoms with Gasteiger partial charge in [-0.15, -0.1) is 0 Å². The third-order valence-corrected chi connectivity index (χ3v) is 4.20. The molecule has 1 saturated carbocycles. The van der Waals surface area contributed by atoms with Crippen LogP contribution in [0.4, 0.5) is 5.95 Å². The van der Waals surface area contributed by atoms with E-state index in [2.05, 4.69) is 44.5 Å². The van der Waals surface area contributed by atoms with Crippen LogP contribution in [0.5, 0.6) is 0 Å². The van der Waals surface area contributed by atoms with Gasteiger partial charge in [0.25, 0.3) is 5.91 Å². The third-order valence-electron chi connectivity index (χ3n) is 4.20. The van der Waals surface area contributed by atoms with E-state index in [4.69, 9.17) is 0 Å². The Morgan fingerprint density at radius 2 is 2.00 bits per heavy atom. The second kappa shape index (κ2) is 5.40. The van der Waals surface area contributed by atoms with Gasteiger partial charge in [-0.1, -0.05) is 24.3 Å². The van der Waals surface area contributed by atoms with Gasteiger partial charge in [0, 0.05) is 25.3 Å². The maximum atomic E-state index is 12.1. The molecule has 0 saturated heterocycles. The molecule has 4 rings (SSSR count). The average Bonchev–Trinajstić information content (AvgIpc) is 3.38. The van der Waals surface area contributed by atoms with Crippen molar-refractivity contribution in [1.82, 2.24) is 15.3 Å². The Kier molecular flexibility index (Phi) is 3.25. The topological polar surface area (TPSA) is 58.1 Å². The monoisotopic (exact) mass is 294 g/mol. The minimum absolute atomic E-state index is 0.0939. The van der Waals surface area contributed by atoms with Gasteiger partial charge in [-0.3, -0.25) is 4.79 Å². The Balaban J connectivity index is 1.54. The molecule has 0 unspecified atom stereocenters. The van der Waals surface area contributed by atoms with Gasteiger partial charge in [0.05, 0.1) is 0 Å². The standard InChI is InChI=1S/C17H18N4O/c22-16(19-14-5-6-14)15-7-9-18-17(20-15)21-10-8-12-3-1-2-4-13(12)11-21/h1-4,7,9,14H,5-6,8,10-11H2,(H,19,22). The molecule has 1 aromatic heterocycles. The Bertz CT molecular complexity index is 711. The van der Waals surface area contributed by atoms with Crippen LogP contribution < -0.4 is 10.2 Å². The number of nitrogens with zero attached hydrogens (tertiary/aromatic N) is 3. The Labute approximate surface area is 129 Å². The van der Waals surface area contributed by atoms with E-state index in [1.807, 2.05) is 0 Å². The van der Waals surface area contributed by atoms with Crippen molar-refractivity contribution < 1.29 is 4.79 Å². The summed E-state index contributed by atoms with van der Waals surface area (Å²) in [5, 5.41) is 2.97. The lowest BCUT2D eigenvalue weighted by Crippen LogP contribution is -2.33. The summed E-state index contributed by atoms with van der Waals surface area (Å²) in [6.07, 6.45) is 4.81. The SMILES string of the molecule is O=C(NC1CC1)c1ccnc(N2CCc3ccccc3C2)n1. The van der Waals surface area contributed by atoms with Gasteiger partial charge in [-0.05, 0) is 36.5 Å². The van der Waals surface area contributed by atoms with Crippen LogP contribution in [0.1, 0.15) is 34.5 Å². The summed E-state index contributed by atoms with van der Waals surface area (Å²) in [4.78, 5) is 23.0. The first kappa shape index (κ1) is 13.2. The van der Waals surface area contributed by atoms with Crippen LogP contribution in [0, 0.1) is 0 Å². The van der Waals surface area contributed by atoms with E-state index in [1.54, 1.807) is 12.3 Å². The molecule has 1 amide bonds. The smallest absolute Gasteiger partial charge is 0.270 e. The second-order valence-electron chi connectivity index (χ2n) is 5.93. The number of hydrogen-bond donors (Lipinski definition) is 1. The van der Waals surface area contributed by atoms with E-state index >= 15 is 0 Å². The molecule has 1 aliphatic heterocycles. The first-order valence-electron chi connectivity index (χ1n) is 7.75. The van der Waals surface area contributed by atoms with Crippen molar-refractivity contribution in [3.8, 4) is 0 Å². The summed E-state index contributed by atoms with van der Waals surface area (Å²) in [5.74, 6) is 0.543. The van der Waals surface area contributed by atoms with Gasteiger partial charge >= 0.3 is 0 Å². The van der Waals surface area contributed by atoms with Crippen LogP contribution in [-0.4, -0.2) is 28.5 Å². The summed E-state index contributed by atoms with van der Waals surface area (Å²) in [7, 11) is 0. The molecule has 112 valence electrons. The van der Waals surface area contributed by atoms with Crippen molar-refractivity contribution in [2.24, 2.45) is 0 Å². The van der Waals surface area contributed by atoms with E-state index in [1.165, 1.54) is 11.1 Å². The highest BCUT2D eigenvalue weighted by molar-refractivity contribution is 5.92. The molecule has 1 aliphatic carbocycles. The Morgan fingerprint density at radius 3 is 2.82 bits per heavy atom. The molecule has 0 radical (unpaired) electrons. The summed E-state index contributed by atoms with van der Waals surface area (Å²) < 4.78 is 0. The number of carbonyl (C=O) groups is 1. The quantitative estimate of drug-likeness (QED) is 0.940. The highest BCUT2D eigenvalue weighted by Gasteiger charge is 2.25. The minimum Gasteiger partial charge on any atom is -0.348 e. The fraction of sp³-hybridized carbons (Fsp3) is 0.353. The van der Waals surface area contributed by atoms with E-state index in [-0.39, 0.29) is 5.91 Å². The zero-order valence-corrected chi connectivity index (χ0v) is 12.3. The average molecular weight is 294 g/mol. The molecule has 5 nitrogen and oxygen atoms in total. The van der Waals surface area contributed by atoms with Crippen molar-refractivity contribution in [1.29, 1.82) is 0 Å².